The summed E-state index contributed by atoms with van der Waals surface area (Å²) in [5.74, 6) is -1.57. The third kappa shape index (κ3) is 4.02. The number of Topliss-reactive ketones (excluding diaryl/α,β-unsaturated/α-hetero) is 1. The van der Waals surface area contributed by atoms with E-state index in [9.17, 15) is 19.2 Å². The Labute approximate surface area is 178 Å². The van der Waals surface area contributed by atoms with Crippen LogP contribution in [0, 0.1) is 0 Å². The van der Waals surface area contributed by atoms with Crippen LogP contribution in [0.4, 0.5) is 0 Å². The summed E-state index contributed by atoms with van der Waals surface area (Å²) in [6, 6.07) is 14.6. The zero-order valence-corrected chi connectivity index (χ0v) is 16.8. The Morgan fingerprint density at radius 3 is 2.32 bits per heavy atom. The van der Waals surface area contributed by atoms with Gasteiger partial charge in [0.2, 0.25) is 0 Å². The minimum atomic E-state index is -0.744. The first-order valence-electron chi connectivity index (χ1n) is 9.80. The summed E-state index contributed by atoms with van der Waals surface area (Å²) in [5, 5.41) is 0. The molecule has 0 spiro atoms. The molecule has 0 fully saturated rings. The molecule has 0 unspecified atom stereocenters. The lowest BCUT2D eigenvalue weighted by atomic mass is 10.1. The quantitative estimate of drug-likeness (QED) is 0.331. The van der Waals surface area contributed by atoms with Crippen LogP contribution in [0.1, 0.15) is 59.7 Å². The second kappa shape index (κ2) is 8.39. The normalized spacial score (nSPS) is 12.7. The number of hydrogen-bond acceptors (Lipinski definition) is 6. The number of esters is 1. The average molecular weight is 417 g/mol. The van der Waals surface area contributed by atoms with Crippen LogP contribution in [-0.2, 0) is 17.7 Å². The number of imide groups is 1. The molecule has 1 aliphatic heterocycles. The van der Waals surface area contributed by atoms with Gasteiger partial charge >= 0.3 is 5.97 Å². The van der Waals surface area contributed by atoms with Crippen LogP contribution in [0.2, 0.25) is 0 Å². The highest BCUT2D eigenvalue weighted by Crippen LogP contribution is 2.26. The number of hydrogen-bond donors (Lipinski definition) is 0. The van der Waals surface area contributed by atoms with E-state index in [0.717, 1.165) is 16.9 Å². The minimum Gasteiger partial charge on any atom is -0.467 e. The summed E-state index contributed by atoms with van der Waals surface area (Å²) in [6.45, 7) is 1.60. The van der Waals surface area contributed by atoms with Crippen molar-refractivity contribution in [1.82, 2.24) is 4.90 Å². The predicted molar refractivity (Wildman–Crippen MR) is 110 cm³/mol. The Morgan fingerprint density at radius 2 is 1.65 bits per heavy atom. The van der Waals surface area contributed by atoms with Crippen molar-refractivity contribution >= 4 is 23.6 Å². The SMILES string of the molecule is CCc1ccc(C(=O)COC(=O)c2ccc3c(c2)C(=O)N(Cc2ccco2)C3=O)cc1. The number of benzene rings is 2. The smallest absolute Gasteiger partial charge is 0.338 e. The molecule has 0 N–H and O–H groups in total. The summed E-state index contributed by atoms with van der Waals surface area (Å²) < 4.78 is 10.3. The van der Waals surface area contributed by atoms with Crippen LogP contribution in [0.3, 0.4) is 0 Å². The average Bonchev–Trinajstić information content (AvgIpc) is 3.40. The van der Waals surface area contributed by atoms with Crippen molar-refractivity contribution in [1.29, 1.82) is 0 Å². The van der Waals surface area contributed by atoms with E-state index in [2.05, 4.69) is 0 Å². The molecule has 156 valence electrons. The van der Waals surface area contributed by atoms with Crippen molar-refractivity contribution in [2.75, 3.05) is 6.61 Å². The number of ether oxygens (including phenoxy) is 1. The van der Waals surface area contributed by atoms with Gasteiger partial charge in [-0.05, 0) is 42.3 Å². The molecule has 2 amide bonds. The Bertz CT molecular complexity index is 1160. The maximum absolute atomic E-state index is 12.7. The maximum atomic E-state index is 12.7. The fourth-order valence-corrected chi connectivity index (χ4v) is 3.34. The molecule has 7 nitrogen and oxygen atoms in total. The number of nitrogens with zero attached hydrogens (tertiary/aromatic N) is 1. The third-order valence-electron chi connectivity index (χ3n) is 5.12. The van der Waals surface area contributed by atoms with Crippen molar-refractivity contribution < 1.29 is 28.3 Å². The number of rotatable bonds is 7. The van der Waals surface area contributed by atoms with Crippen LogP contribution < -0.4 is 0 Å². The number of carbonyl (C=O) groups excluding carboxylic acids is 4. The van der Waals surface area contributed by atoms with Crippen molar-refractivity contribution in [2.24, 2.45) is 0 Å². The number of aryl methyl sites for hydroxylation is 1. The molecule has 1 aliphatic rings. The standard InChI is InChI=1S/C24H19NO6/c1-2-15-5-7-16(8-6-15)21(26)14-31-24(29)17-9-10-19-20(12-17)23(28)25(22(19)27)13-18-4-3-11-30-18/h3-12H,2,13-14H2,1H3. The van der Waals surface area contributed by atoms with Crippen LogP contribution >= 0.6 is 0 Å². The molecule has 0 radical (unpaired) electrons. The lowest BCUT2D eigenvalue weighted by Gasteiger charge is -2.11. The fraction of sp³-hybridized carbons (Fsp3) is 0.167. The number of fused-ring (bicyclic) bond motifs is 1. The molecule has 4 rings (SSSR count). The molecule has 0 saturated heterocycles. The molecular formula is C24H19NO6. The van der Waals surface area contributed by atoms with Crippen LogP contribution in [0.15, 0.2) is 65.3 Å². The summed E-state index contributed by atoms with van der Waals surface area (Å²) in [4.78, 5) is 50.9. The lowest BCUT2D eigenvalue weighted by Crippen LogP contribution is -2.28. The Balaban J connectivity index is 1.43. The van der Waals surface area contributed by atoms with E-state index in [1.54, 1.807) is 24.3 Å². The van der Waals surface area contributed by atoms with Crippen molar-refractivity contribution in [2.45, 2.75) is 19.9 Å². The van der Waals surface area contributed by atoms with Crippen LogP contribution in [0.25, 0.3) is 0 Å². The molecule has 0 aliphatic carbocycles. The number of carbonyl (C=O) groups is 4. The molecule has 2 heterocycles. The van der Waals surface area contributed by atoms with E-state index in [-0.39, 0.29) is 29.0 Å². The maximum Gasteiger partial charge on any atom is 0.338 e. The van der Waals surface area contributed by atoms with Gasteiger partial charge in [0.15, 0.2) is 12.4 Å². The van der Waals surface area contributed by atoms with Gasteiger partial charge < -0.3 is 9.15 Å². The van der Waals surface area contributed by atoms with Gasteiger partial charge in [0.25, 0.3) is 11.8 Å². The Morgan fingerprint density at radius 1 is 0.935 bits per heavy atom. The molecule has 0 saturated carbocycles. The second-order valence-corrected chi connectivity index (χ2v) is 7.09. The molecular weight excluding hydrogens is 398 g/mol. The molecule has 31 heavy (non-hydrogen) atoms. The van der Waals surface area contributed by atoms with Gasteiger partial charge in [0, 0.05) is 5.56 Å². The van der Waals surface area contributed by atoms with E-state index in [1.807, 2.05) is 19.1 Å². The molecule has 0 bridgehead atoms. The van der Waals surface area contributed by atoms with E-state index >= 15 is 0 Å². The number of furan rings is 1. The highest BCUT2D eigenvalue weighted by atomic mass is 16.5. The molecule has 2 aromatic carbocycles. The minimum absolute atomic E-state index is 0.00441. The van der Waals surface area contributed by atoms with Gasteiger partial charge in [0.05, 0.1) is 29.5 Å². The molecule has 0 atom stereocenters. The summed E-state index contributed by atoms with van der Waals surface area (Å²) in [6.07, 6.45) is 2.32. The van der Waals surface area contributed by atoms with Gasteiger partial charge in [-0.1, -0.05) is 31.2 Å². The second-order valence-electron chi connectivity index (χ2n) is 7.09. The first-order valence-corrected chi connectivity index (χ1v) is 9.80. The fourth-order valence-electron chi connectivity index (χ4n) is 3.34. The molecule has 3 aromatic rings. The van der Waals surface area contributed by atoms with Crippen LogP contribution in [-0.4, -0.2) is 35.1 Å². The first-order chi connectivity index (χ1) is 15.0. The van der Waals surface area contributed by atoms with Crippen molar-refractivity contribution in [3.8, 4) is 0 Å². The first kappa shape index (κ1) is 20.3. The van der Waals surface area contributed by atoms with E-state index in [1.165, 1.54) is 24.5 Å². The van der Waals surface area contributed by atoms with E-state index in [4.69, 9.17) is 9.15 Å². The van der Waals surface area contributed by atoms with Crippen molar-refractivity contribution in [3.05, 3.63) is 94.4 Å². The predicted octanol–water partition coefficient (Wildman–Crippen LogP) is 3.68. The molecule has 7 heteroatoms. The lowest BCUT2D eigenvalue weighted by molar-refractivity contribution is 0.0474. The largest absolute Gasteiger partial charge is 0.467 e. The highest BCUT2D eigenvalue weighted by Gasteiger charge is 2.36. The van der Waals surface area contributed by atoms with Crippen molar-refractivity contribution in [3.63, 3.8) is 0 Å². The zero-order chi connectivity index (χ0) is 22.0. The van der Waals surface area contributed by atoms with Gasteiger partial charge in [0.1, 0.15) is 5.76 Å². The Hall–Kier alpha value is -4.00. The monoisotopic (exact) mass is 417 g/mol. The number of amides is 2. The third-order valence-corrected chi connectivity index (χ3v) is 5.12. The van der Waals surface area contributed by atoms with Gasteiger partial charge in [-0.15, -0.1) is 0 Å². The van der Waals surface area contributed by atoms with Gasteiger partial charge in [-0.2, -0.15) is 0 Å². The van der Waals surface area contributed by atoms with E-state index < -0.39 is 24.4 Å². The zero-order valence-electron chi connectivity index (χ0n) is 16.8. The van der Waals surface area contributed by atoms with Crippen LogP contribution in [0.5, 0.6) is 0 Å². The van der Waals surface area contributed by atoms with Gasteiger partial charge in [-0.25, -0.2) is 4.79 Å². The Kier molecular flexibility index (Phi) is 5.49. The van der Waals surface area contributed by atoms with E-state index in [0.29, 0.717) is 11.3 Å². The summed E-state index contributed by atoms with van der Waals surface area (Å²) in [5.41, 5.74) is 1.97. The topological polar surface area (TPSA) is 93.9 Å². The number of ketones is 1. The summed E-state index contributed by atoms with van der Waals surface area (Å²) >= 11 is 0. The highest BCUT2D eigenvalue weighted by molar-refractivity contribution is 6.21. The van der Waals surface area contributed by atoms with Gasteiger partial charge in [-0.3, -0.25) is 19.3 Å². The summed E-state index contributed by atoms with van der Waals surface area (Å²) in [7, 11) is 0. The molecule has 1 aromatic heterocycles.